The molecule has 11 heteroatoms. The molecule has 23 heavy (non-hydrogen) atoms. The number of nitro benzene ring substituents is 1. The fourth-order valence-electron chi connectivity index (χ4n) is 1.45. The van der Waals surface area contributed by atoms with Crippen molar-refractivity contribution < 1.29 is 37.8 Å². The molecule has 0 saturated heterocycles. The summed E-state index contributed by atoms with van der Waals surface area (Å²) in [6.07, 6.45) is 0. The number of likely N-dealkylation sites (N-methyl/N-ethyl adjacent to an activating group) is 1. The van der Waals surface area contributed by atoms with Gasteiger partial charge in [-0.1, -0.05) is 0 Å². The standard InChI is InChI=1S/C12H17N2O8P/c1-14(2,3)6-7-21-23(19,20)22-11-5-4-9(13(17)18)8-10(11)12(15)16/h4-5,8H,6-7H2,1-3H3,(H-,15,16,19,20). The van der Waals surface area contributed by atoms with Crippen LogP contribution in [0.4, 0.5) is 5.69 Å². The van der Waals surface area contributed by atoms with Gasteiger partial charge in [-0.2, -0.15) is 0 Å². The van der Waals surface area contributed by atoms with Crippen LogP contribution in [0.2, 0.25) is 0 Å². The molecule has 0 aliphatic heterocycles. The van der Waals surface area contributed by atoms with Crippen LogP contribution >= 0.6 is 7.82 Å². The van der Waals surface area contributed by atoms with E-state index >= 15 is 0 Å². The van der Waals surface area contributed by atoms with Crippen molar-refractivity contribution >= 4 is 19.5 Å². The number of hydrogen-bond donors (Lipinski definition) is 1. The number of aromatic carboxylic acids is 1. The summed E-state index contributed by atoms with van der Waals surface area (Å²) in [5.74, 6) is -2.11. The van der Waals surface area contributed by atoms with Crippen LogP contribution < -0.4 is 9.42 Å². The summed E-state index contributed by atoms with van der Waals surface area (Å²) < 4.78 is 21.5. The Morgan fingerprint density at radius 3 is 2.48 bits per heavy atom. The summed E-state index contributed by atoms with van der Waals surface area (Å²) in [6, 6.07) is 2.55. The third-order valence-corrected chi connectivity index (χ3v) is 3.55. The predicted molar refractivity (Wildman–Crippen MR) is 77.1 cm³/mol. The van der Waals surface area contributed by atoms with Gasteiger partial charge in [0, 0.05) is 12.1 Å². The van der Waals surface area contributed by atoms with E-state index in [-0.39, 0.29) is 6.61 Å². The van der Waals surface area contributed by atoms with Crippen LogP contribution in [0.1, 0.15) is 10.4 Å². The van der Waals surface area contributed by atoms with E-state index in [4.69, 9.17) is 5.11 Å². The van der Waals surface area contributed by atoms with Crippen LogP contribution in [0, 0.1) is 10.1 Å². The maximum atomic E-state index is 11.7. The molecule has 0 spiro atoms. The number of nitro groups is 1. The highest BCUT2D eigenvalue weighted by Crippen LogP contribution is 2.41. The van der Waals surface area contributed by atoms with Crippen molar-refractivity contribution in [1.82, 2.24) is 0 Å². The molecular formula is C12H17N2O8P. The van der Waals surface area contributed by atoms with E-state index < -0.39 is 35.7 Å². The number of nitrogens with zero attached hydrogens (tertiary/aromatic N) is 2. The lowest BCUT2D eigenvalue weighted by Gasteiger charge is -2.27. The molecule has 0 radical (unpaired) electrons. The first kappa shape index (κ1) is 19.0. The van der Waals surface area contributed by atoms with Crippen LogP contribution in [0.25, 0.3) is 0 Å². The van der Waals surface area contributed by atoms with E-state index in [1.165, 1.54) is 0 Å². The number of carboxylic acids is 1. The van der Waals surface area contributed by atoms with Gasteiger partial charge >= 0.3 is 13.8 Å². The lowest BCUT2D eigenvalue weighted by Crippen LogP contribution is -2.37. The Labute approximate surface area is 132 Å². The predicted octanol–water partition coefficient (Wildman–Crippen LogP) is 0.863. The average molecular weight is 348 g/mol. The smallest absolute Gasteiger partial charge is 0.339 e. The molecule has 0 saturated carbocycles. The van der Waals surface area contributed by atoms with Crippen LogP contribution in [-0.2, 0) is 9.09 Å². The van der Waals surface area contributed by atoms with Gasteiger partial charge < -0.3 is 23.5 Å². The summed E-state index contributed by atoms with van der Waals surface area (Å²) in [4.78, 5) is 32.7. The van der Waals surface area contributed by atoms with Crippen molar-refractivity contribution in [3.63, 3.8) is 0 Å². The first-order valence-corrected chi connectivity index (χ1v) is 7.85. The molecule has 128 valence electrons. The lowest BCUT2D eigenvalue weighted by molar-refractivity contribution is -0.870. The van der Waals surface area contributed by atoms with Crippen molar-refractivity contribution in [3.8, 4) is 5.75 Å². The Bertz CT molecular complexity index is 655. The number of phosphoric acid groups is 1. The number of carbonyl (C=O) groups is 1. The minimum atomic E-state index is -4.80. The van der Waals surface area contributed by atoms with E-state index in [9.17, 15) is 24.4 Å². The zero-order valence-electron chi connectivity index (χ0n) is 12.8. The number of hydrogen-bond acceptors (Lipinski definition) is 7. The molecule has 0 fully saturated rings. The van der Waals surface area contributed by atoms with Gasteiger partial charge in [-0.15, -0.1) is 0 Å². The quantitative estimate of drug-likeness (QED) is 0.316. The van der Waals surface area contributed by atoms with Gasteiger partial charge in [0.05, 0.1) is 26.1 Å². The van der Waals surface area contributed by atoms with E-state index in [1.54, 1.807) is 0 Å². The van der Waals surface area contributed by atoms with Gasteiger partial charge in [-0.25, -0.2) is 4.79 Å². The SMILES string of the molecule is C[N+](C)(C)CCOP(=O)([O-])Oc1ccc([N+](=O)[O-])cc1C(=O)O. The molecule has 10 nitrogen and oxygen atoms in total. The largest absolute Gasteiger partial charge is 0.746 e. The zero-order chi connectivity index (χ0) is 17.8. The number of phosphoric ester groups is 1. The Morgan fingerprint density at radius 2 is 2.00 bits per heavy atom. The number of non-ortho nitro benzene ring substituents is 1. The van der Waals surface area contributed by atoms with E-state index in [1.807, 2.05) is 21.1 Å². The van der Waals surface area contributed by atoms with Gasteiger partial charge in [0.2, 0.25) is 0 Å². The molecule has 1 aromatic carbocycles. The summed E-state index contributed by atoms with van der Waals surface area (Å²) in [5.41, 5.74) is -1.15. The third kappa shape index (κ3) is 6.33. The van der Waals surface area contributed by atoms with Gasteiger partial charge in [0.15, 0.2) is 0 Å². The maximum absolute atomic E-state index is 11.7. The first-order chi connectivity index (χ1) is 10.4. The maximum Gasteiger partial charge on any atom is 0.339 e. The minimum absolute atomic E-state index is 0.153. The average Bonchev–Trinajstić information content (AvgIpc) is 2.36. The van der Waals surface area contributed by atoms with Crippen LogP contribution in [-0.4, -0.2) is 54.8 Å². The lowest BCUT2D eigenvalue weighted by atomic mass is 10.2. The molecule has 1 atom stereocenters. The molecule has 0 aliphatic rings. The summed E-state index contributed by atoms with van der Waals surface area (Å²) >= 11 is 0. The third-order valence-electron chi connectivity index (χ3n) is 2.63. The summed E-state index contributed by atoms with van der Waals surface area (Å²) in [7, 11) is 0.697. The minimum Gasteiger partial charge on any atom is -0.746 e. The molecule has 0 heterocycles. The van der Waals surface area contributed by atoms with Crippen molar-refractivity contribution in [1.29, 1.82) is 0 Å². The number of carboxylic acid groups (broad SMARTS) is 1. The Morgan fingerprint density at radius 1 is 1.39 bits per heavy atom. The molecule has 1 rings (SSSR count). The molecular weight excluding hydrogens is 331 g/mol. The second kappa shape index (κ2) is 7.05. The number of benzene rings is 1. The van der Waals surface area contributed by atoms with Crippen molar-refractivity contribution in [2.24, 2.45) is 0 Å². The highest BCUT2D eigenvalue weighted by molar-refractivity contribution is 7.46. The number of rotatable bonds is 8. The van der Waals surface area contributed by atoms with E-state index in [0.29, 0.717) is 17.1 Å². The van der Waals surface area contributed by atoms with Crippen molar-refractivity contribution in [2.45, 2.75) is 0 Å². The van der Waals surface area contributed by atoms with Crippen LogP contribution in [0.15, 0.2) is 18.2 Å². The Balaban J connectivity index is 2.92. The molecule has 0 aromatic heterocycles. The highest BCUT2D eigenvalue weighted by atomic mass is 31.2. The van der Waals surface area contributed by atoms with Gasteiger partial charge in [-0.3, -0.25) is 14.7 Å². The fourth-order valence-corrected chi connectivity index (χ4v) is 2.21. The van der Waals surface area contributed by atoms with Crippen LogP contribution in [0.5, 0.6) is 5.75 Å². The number of quaternary nitrogens is 1. The highest BCUT2D eigenvalue weighted by Gasteiger charge is 2.21. The molecule has 1 unspecified atom stereocenters. The molecule has 1 N–H and O–H groups in total. The van der Waals surface area contributed by atoms with E-state index in [0.717, 1.165) is 12.1 Å². The Kier molecular flexibility index (Phi) is 5.84. The molecule has 0 bridgehead atoms. The van der Waals surface area contributed by atoms with Gasteiger partial charge in [0.25, 0.3) is 5.69 Å². The second-order valence-electron chi connectivity index (χ2n) is 5.63. The van der Waals surface area contributed by atoms with Gasteiger partial charge in [-0.05, 0) is 6.07 Å². The molecule has 0 amide bonds. The van der Waals surface area contributed by atoms with Crippen molar-refractivity contribution in [2.75, 3.05) is 34.3 Å². The zero-order valence-corrected chi connectivity index (χ0v) is 13.7. The van der Waals surface area contributed by atoms with Crippen molar-refractivity contribution in [3.05, 3.63) is 33.9 Å². The summed E-state index contributed by atoms with van der Waals surface area (Å²) in [5, 5.41) is 19.7. The van der Waals surface area contributed by atoms with Gasteiger partial charge in [0.1, 0.15) is 24.5 Å². The molecule has 1 aromatic rings. The topological polar surface area (TPSA) is 139 Å². The normalized spacial score (nSPS) is 14.1. The molecule has 0 aliphatic carbocycles. The Hall–Kier alpha value is -2.00. The van der Waals surface area contributed by atoms with E-state index in [2.05, 4.69) is 9.05 Å². The monoisotopic (exact) mass is 348 g/mol. The van der Waals surface area contributed by atoms with Crippen LogP contribution in [0.3, 0.4) is 0 Å². The first-order valence-electron chi connectivity index (χ1n) is 6.39. The fraction of sp³-hybridized carbons (Fsp3) is 0.417. The summed E-state index contributed by atoms with van der Waals surface area (Å²) in [6.45, 7) is 0.224. The second-order valence-corrected chi connectivity index (χ2v) is 6.96.